The number of carbonyl (C=O) groups excluding carboxylic acids is 1. The summed E-state index contributed by atoms with van der Waals surface area (Å²) >= 11 is 0. The van der Waals surface area contributed by atoms with E-state index in [0.717, 1.165) is 23.2 Å². The molecule has 0 saturated carbocycles. The number of nitrogens with one attached hydrogen (secondary N) is 1. The lowest BCUT2D eigenvalue weighted by Gasteiger charge is -2.14. The van der Waals surface area contributed by atoms with Gasteiger partial charge in [-0.25, -0.2) is 18.2 Å². The minimum Gasteiger partial charge on any atom is -0.478 e. The number of hydrogen-bond acceptors (Lipinski definition) is 8. The van der Waals surface area contributed by atoms with Crippen molar-refractivity contribution in [3.63, 3.8) is 0 Å². The summed E-state index contributed by atoms with van der Waals surface area (Å²) in [6, 6.07) is 15.2. The molecule has 1 saturated heterocycles. The van der Waals surface area contributed by atoms with E-state index in [-0.39, 0.29) is 4.90 Å². The Labute approximate surface area is 196 Å². The maximum Gasteiger partial charge on any atom is 0.347 e. The number of rotatable bonds is 7. The fourth-order valence-electron chi connectivity index (χ4n) is 3.68. The van der Waals surface area contributed by atoms with E-state index in [9.17, 15) is 13.2 Å². The van der Waals surface area contributed by atoms with Gasteiger partial charge in [0.25, 0.3) is 0 Å². The molecule has 3 heterocycles. The summed E-state index contributed by atoms with van der Waals surface area (Å²) < 4.78 is 45.9. The predicted octanol–water partition coefficient (Wildman–Crippen LogP) is 3.35. The largest absolute Gasteiger partial charge is 0.478 e. The zero-order valence-corrected chi connectivity index (χ0v) is 19.1. The summed E-state index contributed by atoms with van der Waals surface area (Å²) in [5.41, 5.74) is 2.30. The van der Waals surface area contributed by atoms with Crippen molar-refractivity contribution in [1.82, 2.24) is 4.98 Å². The Bertz CT molecular complexity index is 1360. The molecule has 2 aliphatic rings. The second kappa shape index (κ2) is 8.86. The Morgan fingerprint density at radius 1 is 0.941 bits per heavy atom. The first-order valence-electron chi connectivity index (χ1n) is 10.7. The van der Waals surface area contributed by atoms with Gasteiger partial charge in [-0.15, -0.1) is 0 Å². The van der Waals surface area contributed by atoms with Crippen molar-refractivity contribution in [2.75, 3.05) is 26.0 Å². The van der Waals surface area contributed by atoms with Crippen molar-refractivity contribution in [1.29, 1.82) is 0 Å². The number of H-pyrrole nitrogens is 1. The summed E-state index contributed by atoms with van der Waals surface area (Å²) in [6.45, 7) is 1.50. The Morgan fingerprint density at radius 2 is 1.71 bits per heavy atom. The van der Waals surface area contributed by atoms with Crippen LogP contribution in [0.1, 0.15) is 12.1 Å². The van der Waals surface area contributed by atoms with Gasteiger partial charge in [-0.1, -0.05) is 0 Å². The van der Waals surface area contributed by atoms with E-state index in [1.54, 1.807) is 24.3 Å². The van der Waals surface area contributed by atoms with Crippen molar-refractivity contribution < 1.29 is 32.2 Å². The first kappa shape index (κ1) is 22.0. The Morgan fingerprint density at radius 3 is 2.38 bits per heavy atom. The molecule has 0 amide bonds. The Hall–Kier alpha value is -3.79. The van der Waals surface area contributed by atoms with Gasteiger partial charge in [0.1, 0.15) is 29.5 Å². The van der Waals surface area contributed by atoms with Crippen molar-refractivity contribution in [2.45, 2.75) is 17.4 Å². The van der Waals surface area contributed by atoms with Gasteiger partial charge in [0.15, 0.2) is 15.9 Å². The molecular weight excluding hydrogens is 460 g/mol. The fourth-order valence-corrected chi connectivity index (χ4v) is 4.31. The molecule has 1 N–H and O–H groups in total. The Balaban J connectivity index is 1.46. The topological polar surface area (TPSA) is 116 Å². The molecule has 1 aromatic heterocycles. The van der Waals surface area contributed by atoms with Crippen LogP contribution in [0.5, 0.6) is 17.2 Å². The molecule has 0 spiro atoms. The molecule has 34 heavy (non-hydrogen) atoms. The zero-order chi connectivity index (χ0) is 23.7. The molecule has 10 heteroatoms. The minimum atomic E-state index is -3.31. The van der Waals surface area contributed by atoms with Gasteiger partial charge in [0, 0.05) is 30.0 Å². The van der Waals surface area contributed by atoms with Gasteiger partial charge in [0.05, 0.1) is 18.0 Å². The van der Waals surface area contributed by atoms with Crippen molar-refractivity contribution in [3.8, 4) is 28.5 Å². The van der Waals surface area contributed by atoms with Gasteiger partial charge in [-0.05, 0) is 48.5 Å². The van der Waals surface area contributed by atoms with Crippen LogP contribution < -0.4 is 9.47 Å². The molecule has 9 nitrogen and oxygen atoms in total. The normalized spacial score (nSPS) is 17.7. The lowest BCUT2D eigenvalue weighted by atomic mass is 10.1. The number of nitrogens with zero attached hydrogens (tertiary/aromatic N) is 1. The van der Waals surface area contributed by atoms with Gasteiger partial charge in [-0.2, -0.15) is 0 Å². The molecule has 1 atom stereocenters. The highest BCUT2D eigenvalue weighted by atomic mass is 32.2. The first-order chi connectivity index (χ1) is 16.3. The van der Waals surface area contributed by atoms with E-state index < -0.39 is 21.9 Å². The monoisotopic (exact) mass is 482 g/mol. The quantitative estimate of drug-likeness (QED) is 0.513. The summed E-state index contributed by atoms with van der Waals surface area (Å²) in [5.74, 6) is 1.51. The molecule has 2 aromatic carbocycles. The lowest BCUT2D eigenvalue weighted by Crippen LogP contribution is -2.21. The Kier molecular flexibility index (Phi) is 5.74. The molecule has 5 rings (SSSR count). The maximum absolute atomic E-state index is 11.9. The number of aromatic nitrogens is 1. The van der Waals surface area contributed by atoms with Crippen LogP contribution in [-0.2, 0) is 24.1 Å². The first-order valence-corrected chi connectivity index (χ1v) is 12.6. The number of carbonyl (C=O) groups is 1. The number of esters is 1. The van der Waals surface area contributed by atoms with E-state index in [1.165, 1.54) is 12.1 Å². The summed E-state index contributed by atoms with van der Waals surface area (Å²) in [7, 11) is -3.31. The van der Waals surface area contributed by atoms with Gasteiger partial charge in [0.2, 0.25) is 5.90 Å². The molecule has 0 radical (unpaired) electrons. The van der Waals surface area contributed by atoms with E-state index in [2.05, 4.69) is 9.98 Å². The summed E-state index contributed by atoms with van der Waals surface area (Å²) in [6.07, 6.45) is 0.935. The van der Waals surface area contributed by atoms with Crippen LogP contribution in [0.2, 0.25) is 0 Å². The van der Waals surface area contributed by atoms with Crippen molar-refractivity contribution >= 4 is 21.7 Å². The van der Waals surface area contributed by atoms with Crippen LogP contribution in [-0.4, -0.2) is 57.4 Å². The third kappa shape index (κ3) is 4.76. The van der Waals surface area contributed by atoms with E-state index in [4.69, 9.17) is 18.9 Å². The SMILES string of the molecule is CS(=O)(=O)c1ccc(Oc2cc(OC3CCOC3=O)cc(-c3ccc(C4=NCCO4)[nH]3)c2)cc1. The van der Waals surface area contributed by atoms with Crippen LogP contribution >= 0.6 is 0 Å². The number of sulfone groups is 1. The van der Waals surface area contributed by atoms with Gasteiger partial charge in [-0.3, -0.25) is 0 Å². The third-order valence-corrected chi connectivity index (χ3v) is 6.47. The second-order valence-electron chi connectivity index (χ2n) is 7.92. The highest BCUT2D eigenvalue weighted by Gasteiger charge is 2.28. The lowest BCUT2D eigenvalue weighted by molar-refractivity contribution is -0.143. The number of aromatic amines is 1. The zero-order valence-electron chi connectivity index (χ0n) is 18.3. The standard InChI is InChI=1S/C24H22N2O7S/c1-34(28,29)19-4-2-16(3-5-19)32-17-12-15(13-18(14-17)33-22-8-10-31-24(22)27)20-6-7-21(26-20)23-25-9-11-30-23/h2-7,12-14,22,26H,8-11H2,1H3. The highest BCUT2D eigenvalue weighted by Crippen LogP contribution is 2.34. The van der Waals surface area contributed by atoms with Gasteiger partial charge >= 0.3 is 5.97 Å². The van der Waals surface area contributed by atoms with Gasteiger partial charge < -0.3 is 23.9 Å². The van der Waals surface area contributed by atoms with E-state index in [1.807, 2.05) is 18.2 Å². The fraction of sp³-hybridized carbons (Fsp3) is 0.250. The highest BCUT2D eigenvalue weighted by molar-refractivity contribution is 7.90. The molecule has 0 aliphatic carbocycles. The number of hydrogen-bond donors (Lipinski definition) is 1. The third-order valence-electron chi connectivity index (χ3n) is 5.35. The van der Waals surface area contributed by atoms with E-state index in [0.29, 0.717) is 49.3 Å². The molecular formula is C24H22N2O7S. The van der Waals surface area contributed by atoms with Crippen LogP contribution in [0.25, 0.3) is 11.3 Å². The smallest absolute Gasteiger partial charge is 0.347 e. The van der Waals surface area contributed by atoms with Crippen LogP contribution in [0, 0.1) is 0 Å². The molecule has 3 aromatic rings. The average molecular weight is 483 g/mol. The molecule has 0 bridgehead atoms. The van der Waals surface area contributed by atoms with Crippen LogP contribution in [0.3, 0.4) is 0 Å². The number of cyclic esters (lactones) is 1. The van der Waals surface area contributed by atoms with Crippen LogP contribution in [0.15, 0.2) is 64.5 Å². The second-order valence-corrected chi connectivity index (χ2v) is 9.94. The maximum atomic E-state index is 11.9. The van der Waals surface area contributed by atoms with Crippen LogP contribution in [0.4, 0.5) is 0 Å². The van der Waals surface area contributed by atoms with Crippen molar-refractivity contribution in [3.05, 3.63) is 60.3 Å². The number of aliphatic imine (C=N–C) groups is 1. The predicted molar refractivity (Wildman–Crippen MR) is 123 cm³/mol. The number of ether oxygens (including phenoxy) is 4. The molecule has 1 unspecified atom stereocenters. The molecule has 176 valence electrons. The molecule has 1 fully saturated rings. The average Bonchev–Trinajstić information content (AvgIpc) is 3.56. The summed E-state index contributed by atoms with van der Waals surface area (Å²) in [5, 5.41) is 0. The van der Waals surface area contributed by atoms with E-state index >= 15 is 0 Å². The summed E-state index contributed by atoms with van der Waals surface area (Å²) in [4.78, 5) is 19.7. The van der Waals surface area contributed by atoms with Crippen molar-refractivity contribution in [2.24, 2.45) is 4.99 Å². The molecule has 2 aliphatic heterocycles. The number of benzene rings is 2. The minimum absolute atomic E-state index is 0.202.